The maximum atomic E-state index is 4.34. The Bertz CT molecular complexity index is 668. The molecule has 3 nitrogen and oxygen atoms in total. The van der Waals surface area contributed by atoms with Crippen LogP contribution in [-0.4, -0.2) is 17.0 Å². The van der Waals surface area contributed by atoms with E-state index in [9.17, 15) is 0 Å². The molecule has 1 atom stereocenters. The largest absolute Gasteiger partial charge is 0.361 e. The molecule has 0 aliphatic carbocycles. The van der Waals surface area contributed by atoms with E-state index in [0.717, 1.165) is 5.69 Å². The van der Waals surface area contributed by atoms with E-state index in [0.29, 0.717) is 0 Å². The second-order valence-electron chi connectivity index (χ2n) is 4.31. The highest BCUT2D eigenvalue weighted by molar-refractivity contribution is 7.09. The van der Waals surface area contributed by atoms with Gasteiger partial charge in [0.1, 0.15) is 0 Å². The van der Waals surface area contributed by atoms with Crippen molar-refractivity contribution in [3.63, 3.8) is 0 Å². The Balaban J connectivity index is 2.15. The van der Waals surface area contributed by atoms with Crippen LogP contribution in [0.1, 0.15) is 22.2 Å². The second-order valence-corrected chi connectivity index (χ2v) is 5.20. The molecule has 0 saturated heterocycles. The van der Waals surface area contributed by atoms with Crippen molar-refractivity contribution in [1.82, 2.24) is 15.3 Å². The van der Waals surface area contributed by atoms with E-state index >= 15 is 0 Å². The Morgan fingerprint density at radius 1 is 1.33 bits per heavy atom. The highest BCUT2D eigenvalue weighted by atomic mass is 32.1. The second kappa shape index (κ2) is 4.55. The molecule has 0 aliphatic rings. The van der Waals surface area contributed by atoms with Crippen LogP contribution in [0.4, 0.5) is 0 Å². The minimum absolute atomic E-state index is 0.202. The third-order valence-corrected chi connectivity index (χ3v) is 4.26. The van der Waals surface area contributed by atoms with Gasteiger partial charge in [0.2, 0.25) is 0 Å². The molecule has 3 aromatic rings. The molecular weight excluding hydrogens is 242 g/mol. The monoisotopic (exact) mass is 257 g/mol. The van der Waals surface area contributed by atoms with Gasteiger partial charge >= 0.3 is 0 Å². The first-order valence-electron chi connectivity index (χ1n) is 5.94. The van der Waals surface area contributed by atoms with Crippen LogP contribution >= 0.6 is 11.3 Å². The number of hydrogen-bond acceptors (Lipinski definition) is 3. The van der Waals surface area contributed by atoms with Gasteiger partial charge in [-0.15, -0.1) is 11.3 Å². The number of aryl methyl sites for hydroxylation is 1. The van der Waals surface area contributed by atoms with Gasteiger partial charge in [0, 0.05) is 22.0 Å². The summed E-state index contributed by atoms with van der Waals surface area (Å²) in [6.45, 7) is 2.06. The summed E-state index contributed by atoms with van der Waals surface area (Å²) in [5, 5.41) is 4.66. The van der Waals surface area contributed by atoms with Crippen LogP contribution < -0.4 is 5.32 Å². The first kappa shape index (κ1) is 11.4. The van der Waals surface area contributed by atoms with Crippen LogP contribution in [-0.2, 0) is 0 Å². The van der Waals surface area contributed by atoms with Gasteiger partial charge in [-0.25, -0.2) is 4.98 Å². The van der Waals surface area contributed by atoms with Crippen molar-refractivity contribution in [1.29, 1.82) is 0 Å². The van der Waals surface area contributed by atoms with Crippen LogP contribution in [0.15, 0.2) is 36.0 Å². The molecule has 0 radical (unpaired) electrons. The summed E-state index contributed by atoms with van der Waals surface area (Å²) in [6.07, 6.45) is 2.09. The van der Waals surface area contributed by atoms with Crippen LogP contribution in [0.3, 0.4) is 0 Å². The number of para-hydroxylation sites is 1. The Labute approximate surface area is 110 Å². The number of nitrogens with zero attached hydrogens (tertiary/aromatic N) is 1. The van der Waals surface area contributed by atoms with Gasteiger partial charge in [-0.1, -0.05) is 18.2 Å². The van der Waals surface area contributed by atoms with Crippen LogP contribution in [0.25, 0.3) is 10.9 Å². The number of hydrogen-bond donors (Lipinski definition) is 2. The number of aromatic amines is 1. The molecule has 0 saturated carbocycles. The van der Waals surface area contributed by atoms with E-state index < -0.39 is 0 Å². The first-order chi connectivity index (χ1) is 8.81. The molecule has 2 heterocycles. The average molecular weight is 257 g/mol. The van der Waals surface area contributed by atoms with Crippen molar-refractivity contribution in [2.24, 2.45) is 0 Å². The van der Waals surface area contributed by atoms with Gasteiger partial charge in [0.25, 0.3) is 0 Å². The van der Waals surface area contributed by atoms with Gasteiger partial charge < -0.3 is 10.3 Å². The molecular formula is C14H15N3S. The molecule has 1 unspecified atom stereocenters. The summed E-state index contributed by atoms with van der Waals surface area (Å²) in [7, 11) is 1.99. The summed E-state index contributed by atoms with van der Waals surface area (Å²) < 4.78 is 0. The lowest BCUT2D eigenvalue weighted by molar-refractivity contribution is 0.702. The summed E-state index contributed by atoms with van der Waals surface area (Å²) in [5.41, 5.74) is 5.46. The Kier molecular flexibility index (Phi) is 2.89. The lowest BCUT2D eigenvalue weighted by Crippen LogP contribution is -2.17. The van der Waals surface area contributed by atoms with E-state index in [4.69, 9.17) is 0 Å². The van der Waals surface area contributed by atoms with Crippen molar-refractivity contribution in [2.45, 2.75) is 13.0 Å². The average Bonchev–Trinajstić information content (AvgIpc) is 2.99. The molecule has 92 valence electrons. The van der Waals surface area contributed by atoms with E-state index in [-0.39, 0.29) is 6.04 Å². The van der Waals surface area contributed by atoms with E-state index in [1.165, 1.54) is 21.3 Å². The zero-order valence-corrected chi connectivity index (χ0v) is 11.2. The number of H-pyrrole nitrogens is 1. The molecule has 0 spiro atoms. The number of fused-ring (bicyclic) bond motifs is 1. The number of aromatic nitrogens is 2. The van der Waals surface area contributed by atoms with Crippen molar-refractivity contribution < 1.29 is 0 Å². The maximum Gasteiger partial charge on any atom is 0.0798 e. The number of nitrogens with one attached hydrogen (secondary N) is 2. The fourth-order valence-electron chi connectivity index (χ4n) is 2.35. The lowest BCUT2D eigenvalue weighted by Gasteiger charge is -2.14. The molecule has 0 aliphatic heterocycles. The standard InChI is InChI=1S/C14H15N3S/c1-9-14(18-8-17-9)13(15-2)11-7-16-12-6-4-3-5-10(11)12/h3-8,13,15-16H,1-2H3. The lowest BCUT2D eigenvalue weighted by atomic mass is 10.0. The van der Waals surface area contributed by atoms with Crippen molar-refractivity contribution in [3.05, 3.63) is 52.1 Å². The smallest absolute Gasteiger partial charge is 0.0798 e. The van der Waals surface area contributed by atoms with Gasteiger partial charge in [-0.2, -0.15) is 0 Å². The molecule has 4 heteroatoms. The third-order valence-electron chi connectivity index (χ3n) is 3.27. The van der Waals surface area contributed by atoms with Gasteiger partial charge in [0.05, 0.1) is 17.2 Å². The van der Waals surface area contributed by atoms with Crippen molar-refractivity contribution in [3.8, 4) is 0 Å². The maximum absolute atomic E-state index is 4.34. The molecule has 18 heavy (non-hydrogen) atoms. The molecule has 1 aromatic carbocycles. The highest BCUT2D eigenvalue weighted by Crippen LogP contribution is 2.32. The van der Waals surface area contributed by atoms with Crippen LogP contribution in [0.5, 0.6) is 0 Å². The van der Waals surface area contributed by atoms with Crippen LogP contribution in [0.2, 0.25) is 0 Å². The summed E-state index contributed by atoms with van der Waals surface area (Å²) >= 11 is 1.70. The molecule has 0 amide bonds. The Morgan fingerprint density at radius 3 is 2.89 bits per heavy atom. The van der Waals surface area contributed by atoms with Gasteiger partial charge in [-0.3, -0.25) is 0 Å². The van der Waals surface area contributed by atoms with E-state index in [2.05, 4.69) is 52.7 Å². The van der Waals surface area contributed by atoms with Gasteiger partial charge in [-0.05, 0) is 25.6 Å². The van der Waals surface area contributed by atoms with E-state index in [1.807, 2.05) is 12.6 Å². The summed E-state index contributed by atoms with van der Waals surface area (Å²) in [4.78, 5) is 8.95. The Morgan fingerprint density at radius 2 is 2.17 bits per heavy atom. The van der Waals surface area contributed by atoms with Crippen LogP contribution in [0, 0.1) is 6.92 Å². The fraction of sp³-hybridized carbons (Fsp3) is 0.214. The minimum Gasteiger partial charge on any atom is -0.361 e. The SMILES string of the molecule is CNC(c1scnc1C)c1c[nH]c2ccccc12. The van der Waals surface area contributed by atoms with Crippen molar-refractivity contribution >= 4 is 22.2 Å². The quantitative estimate of drug-likeness (QED) is 0.756. The third kappa shape index (κ3) is 1.74. The normalized spacial score (nSPS) is 13.0. The number of benzene rings is 1. The summed E-state index contributed by atoms with van der Waals surface area (Å²) in [5.74, 6) is 0. The number of thiazole rings is 1. The molecule has 2 aromatic heterocycles. The summed E-state index contributed by atoms with van der Waals surface area (Å²) in [6, 6.07) is 8.59. The fourth-order valence-corrected chi connectivity index (χ4v) is 3.28. The minimum atomic E-state index is 0.202. The topological polar surface area (TPSA) is 40.7 Å². The first-order valence-corrected chi connectivity index (χ1v) is 6.82. The van der Waals surface area contributed by atoms with E-state index in [1.54, 1.807) is 11.3 Å². The van der Waals surface area contributed by atoms with Crippen molar-refractivity contribution in [2.75, 3.05) is 7.05 Å². The molecule has 0 fully saturated rings. The zero-order valence-electron chi connectivity index (χ0n) is 10.4. The number of rotatable bonds is 3. The predicted molar refractivity (Wildman–Crippen MR) is 76.1 cm³/mol. The molecule has 2 N–H and O–H groups in total. The van der Waals surface area contributed by atoms with Gasteiger partial charge in [0.15, 0.2) is 0 Å². The highest BCUT2D eigenvalue weighted by Gasteiger charge is 2.19. The molecule has 3 rings (SSSR count). The Hall–Kier alpha value is -1.65. The zero-order chi connectivity index (χ0) is 12.5. The molecule has 0 bridgehead atoms. The predicted octanol–water partition coefficient (Wildman–Crippen LogP) is 3.24.